The third-order valence-electron chi connectivity index (χ3n) is 2.60. The molecule has 2 unspecified atom stereocenters. The van der Waals surface area contributed by atoms with Crippen LogP contribution in [0.25, 0.3) is 0 Å². The van der Waals surface area contributed by atoms with Crippen LogP contribution in [-0.2, 0) is 0 Å². The molecule has 0 aliphatic heterocycles. The van der Waals surface area contributed by atoms with Crippen LogP contribution in [0.5, 0.6) is 0 Å². The number of nitrogens with zero attached hydrogens (tertiary/aromatic N) is 1. The monoisotopic (exact) mass is 312 g/mol. The van der Waals surface area contributed by atoms with Gasteiger partial charge in [0.1, 0.15) is 0 Å². The highest BCUT2D eigenvalue weighted by atomic mass is 35.5. The molecule has 0 spiro atoms. The minimum atomic E-state index is -0.0463. The Kier molecular flexibility index (Phi) is 5.11. The van der Waals surface area contributed by atoms with Gasteiger partial charge < -0.3 is 5.73 Å². The molecule has 1 heterocycles. The van der Waals surface area contributed by atoms with Crippen LogP contribution in [0.1, 0.15) is 17.9 Å². The van der Waals surface area contributed by atoms with Gasteiger partial charge in [-0.1, -0.05) is 29.3 Å². The Hall–Kier alpha value is -0.740. The third-order valence-corrected chi connectivity index (χ3v) is 4.80. The fourth-order valence-electron chi connectivity index (χ4n) is 1.69. The molecule has 2 aromatic rings. The summed E-state index contributed by atoms with van der Waals surface area (Å²) < 4.78 is 0. The highest BCUT2D eigenvalue weighted by Gasteiger charge is 2.20. The molecule has 0 saturated heterocycles. The summed E-state index contributed by atoms with van der Waals surface area (Å²) >= 11 is 13.8. The number of benzene rings is 1. The molecule has 19 heavy (non-hydrogen) atoms. The molecule has 5 heteroatoms. The molecule has 1 aromatic heterocycles. The van der Waals surface area contributed by atoms with E-state index < -0.39 is 0 Å². The fourth-order valence-corrected chi connectivity index (χ4v) is 3.30. The van der Waals surface area contributed by atoms with E-state index in [1.165, 1.54) is 0 Å². The van der Waals surface area contributed by atoms with E-state index in [0.29, 0.717) is 10.0 Å². The summed E-state index contributed by atoms with van der Waals surface area (Å²) in [6.07, 6.45) is 1.77. The molecular weight excluding hydrogens is 299 g/mol. The summed E-state index contributed by atoms with van der Waals surface area (Å²) in [5.74, 6) is 0. The van der Waals surface area contributed by atoms with E-state index in [1.807, 2.05) is 31.2 Å². The van der Waals surface area contributed by atoms with Gasteiger partial charge in [-0.2, -0.15) is 0 Å². The normalized spacial score (nSPS) is 14.1. The summed E-state index contributed by atoms with van der Waals surface area (Å²) in [5.41, 5.74) is 7.01. The third kappa shape index (κ3) is 3.86. The van der Waals surface area contributed by atoms with Crippen molar-refractivity contribution in [2.24, 2.45) is 5.73 Å². The first-order valence-corrected chi connectivity index (χ1v) is 7.49. The lowest BCUT2D eigenvalue weighted by atomic mass is 10.2. The zero-order valence-corrected chi connectivity index (χ0v) is 12.7. The number of thioether (sulfide) groups is 1. The zero-order valence-electron chi connectivity index (χ0n) is 10.4. The minimum Gasteiger partial charge on any atom is -0.327 e. The summed E-state index contributed by atoms with van der Waals surface area (Å²) in [6.45, 7) is 1.96. The largest absolute Gasteiger partial charge is 0.327 e. The number of hydrogen-bond acceptors (Lipinski definition) is 3. The van der Waals surface area contributed by atoms with Crippen molar-refractivity contribution in [1.82, 2.24) is 4.98 Å². The van der Waals surface area contributed by atoms with Crippen LogP contribution in [0.2, 0.25) is 10.0 Å². The van der Waals surface area contributed by atoms with E-state index in [1.54, 1.807) is 30.1 Å². The number of aromatic nitrogens is 1. The molecule has 0 radical (unpaired) electrons. The van der Waals surface area contributed by atoms with E-state index in [2.05, 4.69) is 4.98 Å². The highest BCUT2D eigenvalue weighted by molar-refractivity contribution is 7.99. The highest BCUT2D eigenvalue weighted by Crippen LogP contribution is 2.40. The van der Waals surface area contributed by atoms with Crippen LogP contribution >= 0.6 is 35.0 Å². The molecular formula is C14H14Cl2N2S. The predicted octanol–water partition coefficient (Wildman–Crippen LogP) is 4.57. The van der Waals surface area contributed by atoms with Gasteiger partial charge in [0, 0.05) is 22.2 Å². The Morgan fingerprint density at radius 1 is 1.21 bits per heavy atom. The second kappa shape index (κ2) is 6.62. The number of rotatable bonds is 4. The van der Waals surface area contributed by atoms with Crippen LogP contribution < -0.4 is 5.73 Å². The molecule has 0 bridgehead atoms. The Morgan fingerprint density at radius 3 is 2.63 bits per heavy atom. The van der Waals surface area contributed by atoms with Gasteiger partial charge in [0.2, 0.25) is 0 Å². The topological polar surface area (TPSA) is 38.9 Å². The van der Waals surface area contributed by atoms with Gasteiger partial charge in [-0.3, -0.25) is 4.98 Å². The molecule has 2 atom stereocenters. The van der Waals surface area contributed by atoms with E-state index in [4.69, 9.17) is 28.9 Å². The number of hydrogen-bond donors (Lipinski definition) is 1. The van der Waals surface area contributed by atoms with E-state index in [0.717, 1.165) is 10.6 Å². The van der Waals surface area contributed by atoms with Gasteiger partial charge in [-0.25, -0.2) is 0 Å². The van der Waals surface area contributed by atoms with Crippen LogP contribution in [0.3, 0.4) is 0 Å². The van der Waals surface area contributed by atoms with Crippen molar-refractivity contribution >= 4 is 35.0 Å². The maximum atomic E-state index is 6.19. The van der Waals surface area contributed by atoms with Crippen LogP contribution in [0.4, 0.5) is 0 Å². The number of halogens is 2. The SMILES string of the molecule is CC(N)C(Sc1cc(Cl)ccc1Cl)c1ccccn1. The summed E-state index contributed by atoms with van der Waals surface area (Å²) in [5, 5.41) is 1.38. The first-order chi connectivity index (χ1) is 9.08. The Morgan fingerprint density at radius 2 is 2.00 bits per heavy atom. The van der Waals surface area contributed by atoms with E-state index in [-0.39, 0.29) is 11.3 Å². The summed E-state index contributed by atoms with van der Waals surface area (Å²) in [7, 11) is 0. The lowest BCUT2D eigenvalue weighted by Crippen LogP contribution is -2.23. The Bertz CT molecular complexity index is 546. The quantitative estimate of drug-likeness (QED) is 0.840. The predicted molar refractivity (Wildman–Crippen MR) is 82.9 cm³/mol. The van der Waals surface area contributed by atoms with Crippen LogP contribution in [-0.4, -0.2) is 11.0 Å². The van der Waals surface area contributed by atoms with Crippen molar-refractivity contribution < 1.29 is 0 Å². The van der Waals surface area contributed by atoms with Gasteiger partial charge in [0.15, 0.2) is 0 Å². The lowest BCUT2D eigenvalue weighted by Gasteiger charge is -2.20. The summed E-state index contributed by atoms with van der Waals surface area (Å²) in [6, 6.07) is 11.2. The molecule has 0 aliphatic carbocycles. The van der Waals surface area contributed by atoms with Crippen LogP contribution in [0.15, 0.2) is 47.5 Å². The van der Waals surface area contributed by atoms with Crippen molar-refractivity contribution in [2.75, 3.05) is 0 Å². The van der Waals surface area contributed by atoms with Crippen molar-refractivity contribution in [1.29, 1.82) is 0 Å². The van der Waals surface area contributed by atoms with E-state index in [9.17, 15) is 0 Å². The first kappa shape index (κ1) is 14.7. The molecule has 0 amide bonds. The van der Waals surface area contributed by atoms with Crippen molar-refractivity contribution in [3.8, 4) is 0 Å². The average Bonchev–Trinajstić information content (AvgIpc) is 2.40. The molecule has 2 rings (SSSR count). The Labute approximate surface area is 127 Å². The van der Waals surface area contributed by atoms with Crippen molar-refractivity contribution in [3.05, 3.63) is 58.3 Å². The molecule has 2 nitrogen and oxygen atoms in total. The Balaban J connectivity index is 2.29. The second-order valence-corrected chi connectivity index (χ2v) is 6.25. The van der Waals surface area contributed by atoms with Gasteiger partial charge in [-0.05, 0) is 37.3 Å². The van der Waals surface area contributed by atoms with Crippen LogP contribution in [0, 0.1) is 0 Å². The number of nitrogens with two attached hydrogens (primary N) is 1. The molecule has 0 aliphatic rings. The maximum Gasteiger partial charge on any atom is 0.0665 e. The lowest BCUT2D eigenvalue weighted by molar-refractivity contribution is 0.705. The first-order valence-electron chi connectivity index (χ1n) is 5.86. The average molecular weight is 313 g/mol. The maximum absolute atomic E-state index is 6.19. The second-order valence-electron chi connectivity index (χ2n) is 4.23. The summed E-state index contributed by atoms with van der Waals surface area (Å²) in [4.78, 5) is 5.29. The van der Waals surface area contributed by atoms with Gasteiger partial charge in [0.05, 0.1) is 16.0 Å². The smallest absolute Gasteiger partial charge is 0.0665 e. The van der Waals surface area contributed by atoms with Crippen molar-refractivity contribution in [2.45, 2.75) is 23.1 Å². The zero-order chi connectivity index (χ0) is 13.8. The molecule has 1 aromatic carbocycles. The van der Waals surface area contributed by atoms with Gasteiger partial charge >= 0.3 is 0 Å². The molecule has 0 fully saturated rings. The fraction of sp³-hybridized carbons (Fsp3) is 0.214. The molecule has 2 N–H and O–H groups in total. The van der Waals surface area contributed by atoms with Gasteiger partial charge in [0.25, 0.3) is 0 Å². The molecule has 0 saturated carbocycles. The number of pyridine rings is 1. The van der Waals surface area contributed by atoms with Gasteiger partial charge in [-0.15, -0.1) is 11.8 Å². The molecule has 100 valence electrons. The van der Waals surface area contributed by atoms with Crippen molar-refractivity contribution in [3.63, 3.8) is 0 Å². The standard InChI is InChI=1S/C14H14Cl2N2S/c1-9(17)14(12-4-2-3-7-18-12)19-13-8-10(15)5-6-11(13)16/h2-9,14H,17H2,1H3. The van der Waals surface area contributed by atoms with E-state index >= 15 is 0 Å². The minimum absolute atomic E-state index is 0.0390.